The molecule has 0 spiro atoms. The number of pyridine rings is 1. The Kier molecular flexibility index (Phi) is 3.86. The van der Waals surface area contributed by atoms with Crippen molar-refractivity contribution in [3.8, 4) is 0 Å². The van der Waals surface area contributed by atoms with Gasteiger partial charge in [0.1, 0.15) is 0 Å². The maximum absolute atomic E-state index is 12.4. The molecule has 0 aliphatic carbocycles. The van der Waals surface area contributed by atoms with Crippen LogP contribution >= 0.6 is 11.6 Å². The minimum Gasteiger partial charge on any atom is -0.323 e. The number of aromatic nitrogens is 1. The Balaban J connectivity index is 2.23. The minimum atomic E-state index is -0.638. The first-order chi connectivity index (χ1) is 9.01. The Hall–Kier alpha value is -1.87. The number of hydrogen-bond donors (Lipinski definition) is 1. The Labute approximate surface area is 117 Å². The number of benzene rings is 1. The van der Waals surface area contributed by atoms with Gasteiger partial charge < -0.3 is 5.32 Å². The first-order valence-corrected chi connectivity index (χ1v) is 6.36. The van der Waals surface area contributed by atoms with E-state index in [2.05, 4.69) is 10.3 Å². The summed E-state index contributed by atoms with van der Waals surface area (Å²) >= 11 is 6.01. The molecular formula is C15H15ClN2O. The summed E-state index contributed by atoms with van der Waals surface area (Å²) in [7, 11) is 0. The van der Waals surface area contributed by atoms with Gasteiger partial charge in [-0.05, 0) is 25.5 Å². The van der Waals surface area contributed by atoms with Crippen molar-refractivity contribution in [1.82, 2.24) is 4.98 Å². The fourth-order valence-electron chi connectivity index (χ4n) is 1.73. The number of carbonyl (C=O) groups excluding carboxylic acids is 1. The Bertz CT molecular complexity index is 582. The SMILES string of the molecule is CC(C)(C(=O)Nc1cnccc1Cl)c1ccccc1. The second-order valence-corrected chi connectivity index (χ2v) is 5.21. The number of nitrogens with zero attached hydrogens (tertiary/aromatic N) is 1. The molecule has 0 fully saturated rings. The molecule has 0 aliphatic rings. The van der Waals surface area contributed by atoms with Crippen LogP contribution in [-0.2, 0) is 10.2 Å². The molecule has 0 aliphatic heterocycles. The van der Waals surface area contributed by atoms with Crippen molar-refractivity contribution in [2.75, 3.05) is 5.32 Å². The molecule has 98 valence electrons. The molecule has 3 nitrogen and oxygen atoms in total. The van der Waals surface area contributed by atoms with Crippen LogP contribution in [0.25, 0.3) is 0 Å². The van der Waals surface area contributed by atoms with E-state index in [-0.39, 0.29) is 5.91 Å². The number of anilines is 1. The van der Waals surface area contributed by atoms with Gasteiger partial charge in [0.15, 0.2) is 0 Å². The van der Waals surface area contributed by atoms with Gasteiger partial charge in [0.05, 0.1) is 22.3 Å². The highest BCUT2D eigenvalue weighted by atomic mass is 35.5. The molecule has 19 heavy (non-hydrogen) atoms. The van der Waals surface area contributed by atoms with Gasteiger partial charge >= 0.3 is 0 Å². The van der Waals surface area contributed by atoms with Crippen molar-refractivity contribution in [2.45, 2.75) is 19.3 Å². The summed E-state index contributed by atoms with van der Waals surface area (Å²) in [5.41, 5.74) is 0.839. The number of amides is 1. The van der Waals surface area contributed by atoms with Crippen LogP contribution < -0.4 is 5.32 Å². The summed E-state index contributed by atoms with van der Waals surface area (Å²) in [5.74, 6) is -0.117. The van der Waals surface area contributed by atoms with Crippen LogP contribution in [0.2, 0.25) is 5.02 Å². The van der Waals surface area contributed by atoms with Gasteiger partial charge in [-0.1, -0.05) is 41.9 Å². The van der Waals surface area contributed by atoms with Crippen molar-refractivity contribution in [2.24, 2.45) is 0 Å². The third-order valence-electron chi connectivity index (χ3n) is 3.08. The van der Waals surface area contributed by atoms with Gasteiger partial charge in [-0.3, -0.25) is 9.78 Å². The Morgan fingerprint density at radius 1 is 1.21 bits per heavy atom. The number of halogens is 1. The molecule has 1 aromatic carbocycles. The highest BCUT2D eigenvalue weighted by molar-refractivity contribution is 6.33. The van der Waals surface area contributed by atoms with E-state index in [0.717, 1.165) is 5.56 Å². The van der Waals surface area contributed by atoms with Crippen LogP contribution in [0.3, 0.4) is 0 Å². The minimum absolute atomic E-state index is 0.117. The summed E-state index contributed by atoms with van der Waals surface area (Å²) < 4.78 is 0. The molecular weight excluding hydrogens is 260 g/mol. The van der Waals surface area contributed by atoms with E-state index in [1.54, 1.807) is 18.5 Å². The summed E-state index contributed by atoms with van der Waals surface area (Å²) in [4.78, 5) is 16.3. The van der Waals surface area contributed by atoms with E-state index in [1.807, 2.05) is 44.2 Å². The molecule has 2 rings (SSSR count). The molecule has 1 amide bonds. The smallest absolute Gasteiger partial charge is 0.234 e. The van der Waals surface area contributed by atoms with E-state index >= 15 is 0 Å². The first kappa shape index (κ1) is 13.6. The largest absolute Gasteiger partial charge is 0.323 e. The fraction of sp³-hybridized carbons (Fsp3) is 0.200. The van der Waals surface area contributed by atoms with Crippen LogP contribution in [0.15, 0.2) is 48.8 Å². The lowest BCUT2D eigenvalue weighted by Gasteiger charge is -2.24. The normalized spacial score (nSPS) is 11.1. The summed E-state index contributed by atoms with van der Waals surface area (Å²) in [5, 5.41) is 3.29. The average molecular weight is 275 g/mol. The second kappa shape index (κ2) is 5.41. The van der Waals surface area contributed by atoms with Crippen LogP contribution in [-0.4, -0.2) is 10.9 Å². The van der Waals surface area contributed by atoms with Crippen LogP contribution in [0.4, 0.5) is 5.69 Å². The third-order valence-corrected chi connectivity index (χ3v) is 3.41. The molecule has 1 aromatic heterocycles. The van der Waals surface area contributed by atoms with E-state index < -0.39 is 5.41 Å². The summed E-state index contributed by atoms with van der Waals surface area (Å²) in [6, 6.07) is 11.3. The molecule has 0 saturated carbocycles. The molecule has 0 radical (unpaired) electrons. The standard InChI is InChI=1S/C15H15ClN2O/c1-15(2,11-6-4-3-5-7-11)14(19)18-13-10-17-9-8-12(13)16/h3-10H,1-2H3,(H,18,19). The topological polar surface area (TPSA) is 42.0 Å². The molecule has 2 aromatic rings. The van der Waals surface area contributed by atoms with E-state index in [4.69, 9.17) is 11.6 Å². The molecule has 1 heterocycles. The third kappa shape index (κ3) is 2.93. The zero-order valence-corrected chi connectivity index (χ0v) is 11.6. The van der Waals surface area contributed by atoms with Gasteiger partial charge in [0.2, 0.25) is 5.91 Å². The van der Waals surface area contributed by atoms with Gasteiger partial charge in [-0.25, -0.2) is 0 Å². The second-order valence-electron chi connectivity index (χ2n) is 4.80. The van der Waals surface area contributed by atoms with Crippen molar-refractivity contribution >= 4 is 23.2 Å². The van der Waals surface area contributed by atoms with Crippen molar-refractivity contribution < 1.29 is 4.79 Å². The fourth-order valence-corrected chi connectivity index (χ4v) is 1.89. The van der Waals surface area contributed by atoms with Gasteiger partial charge in [0, 0.05) is 6.20 Å². The number of nitrogens with one attached hydrogen (secondary N) is 1. The molecule has 4 heteroatoms. The number of hydrogen-bond acceptors (Lipinski definition) is 2. The molecule has 0 saturated heterocycles. The van der Waals surface area contributed by atoms with Gasteiger partial charge in [-0.15, -0.1) is 0 Å². The lowest BCUT2D eigenvalue weighted by atomic mass is 9.84. The molecule has 1 N–H and O–H groups in total. The van der Waals surface area contributed by atoms with Crippen LogP contribution in [0.5, 0.6) is 0 Å². The molecule has 0 atom stereocenters. The predicted molar refractivity (Wildman–Crippen MR) is 77.3 cm³/mol. The quantitative estimate of drug-likeness (QED) is 0.928. The zero-order chi connectivity index (χ0) is 13.9. The van der Waals surface area contributed by atoms with Crippen LogP contribution in [0, 0.1) is 0 Å². The summed E-state index contributed by atoms with van der Waals surface area (Å²) in [6.45, 7) is 3.75. The number of carbonyl (C=O) groups is 1. The molecule has 0 unspecified atom stereocenters. The lowest BCUT2D eigenvalue weighted by molar-refractivity contribution is -0.120. The molecule has 0 bridgehead atoms. The summed E-state index contributed by atoms with van der Waals surface area (Å²) in [6.07, 6.45) is 3.13. The van der Waals surface area contributed by atoms with Crippen LogP contribution in [0.1, 0.15) is 19.4 Å². The van der Waals surface area contributed by atoms with E-state index in [1.165, 1.54) is 0 Å². The highest BCUT2D eigenvalue weighted by Crippen LogP contribution is 2.26. The van der Waals surface area contributed by atoms with Crippen molar-refractivity contribution in [3.63, 3.8) is 0 Å². The van der Waals surface area contributed by atoms with E-state index in [9.17, 15) is 4.79 Å². The number of rotatable bonds is 3. The zero-order valence-electron chi connectivity index (χ0n) is 10.9. The monoisotopic (exact) mass is 274 g/mol. The van der Waals surface area contributed by atoms with Crippen molar-refractivity contribution in [1.29, 1.82) is 0 Å². The Morgan fingerprint density at radius 2 is 1.89 bits per heavy atom. The lowest BCUT2D eigenvalue weighted by Crippen LogP contribution is -2.34. The maximum Gasteiger partial charge on any atom is 0.234 e. The average Bonchev–Trinajstić information content (AvgIpc) is 2.42. The predicted octanol–water partition coefficient (Wildman–Crippen LogP) is 3.65. The van der Waals surface area contributed by atoms with Gasteiger partial charge in [0.25, 0.3) is 0 Å². The maximum atomic E-state index is 12.4. The van der Waals surface area contributed by atoms with Gasteiger partial charge in [-0.2, -0.15) is 0 Å². The first-order valence-electron chi connectivity index (χ1n) is 5.98. The Morgan fingerprint density at radius 3 is 2.53 bits per heavy atom. The van der Waals surface area contributed by atoms with Crippen molar-refractivity contribution in [3.05, 3.63) is 59.4 Å². The van der Waals surface area contributed by atoms with E-state index in [0.29, 0.717) is 10.7 Å². The highest BCUT2D eigenvalue weighted by Gasteiger charge is 2.29.